The third-order valence-corrected chi connectivity index (χ3v) is 3.70. The molecule has 1 aliphatic rings. The van der Waals surface area contributed by atoms with Crippen molar-refractivity contribution in [3.05, 3.63) is 0 Å². The number of hydrogen-bond donors (Lipinski definition) is 1. The van der Waals surface area contributed by atoms with Crippen LogP contribution in [0.15, 0.2) is 0 Å². The van der Waals surface area contributed by atoms with Gasteiger partial charge in [0.25, 0.3) is 0 Å². The van der Waals surface area contributed by atoms with E-state index in [9.17, 15) is 4.39 Å². The second-order valence-corrected chi connectivity index (χ2v) is 5.02. The highest BCUT2D eigenvalue weighted by Crippen LogP contribution is 2.33. The molecule has 1 heterocycles. The maximum Gasteiger partial charge on any atom is 0.113 e. The monoisotopic (exact) mass is 215 g/mol. The van der Waals surface area contributed by atoms with Gasteiger partial charge in [0.05, 0.1) is 0 Å². The number of halogens is 1. The van der Waals surface area contributed by atoms with E-state index < -0.39 is 5.67 Å². The molecule has 0 saturated carbocycles. The largest absolute Gasteiger partial charge is 0.316 e. The van der Waals surface area contributed by atoms with Crippen molar-refractivity contribution >= 4 is 0 Å². The highest BCUT2D eigenvalue weighted by Gasteiger charge is 2.33. The summed E-state index contributed by atoms with van der Waals surface area (Å²) >= 11 is 0. The van der Waals surface area contributed by atoms with Crippen molar-refractivity contribution < 1.29 is 4.39 Å². The smallest absolute Gasteiger partial charge is 0.113 e. The van der Waals surface area contributed by atoms with Gasteiger partial charge >= 0.3 is 0 Å². The standard InChI is InChI=1S/C13H26FN/c1-3-5-6-12(4-2)11-13(14)7-9-15-10-8-13/h12,15H,3-11H2,1-2H3. The van der Waals surface area contributed by atoms with E-state index in [1.807, 2.05) is 0 Å². The molecule has 0 aliphatic carbocycles. The third kappa shape index (κ3) is 4.50. The maximum absolute atomic E-state index is 14.4. The SMILES string of the molecule is CCCCC(CC)CC1(F)CCNCC1. The van der Waals surface area contributed by atoms with E-state index in [0.717, 1.165) is 38.8 Å². The first-order valence-electron chi connectivity index (χ1n) is 6.60. The summed E-state index contributed by atoms with van der Waals surface area (Å²) in [5.74, 6) is 0.605. The zero-order chi connectivity index (χ0) is 11.1. The Balaban J connectivity index is 2.34. The predicted octanol–water partition coefficient (Wildman–Crippen LogP) is 3.68. The Morgan fingerprint density at radius 2 is 1.93 bits per heavy atom. The van der Waals surface area contributed by atoms with E-state index in [1.165, 1.54) is 19.3 Å². The molecule has 1 fully saturated rings. The lowest BCUT2D eigenvalue weighted by Crippen LogP contribution is -2.39. The quantitative estimate of drug-likeness (QED) is 0.712. The third-order valence-electron chi connectivity index (χ3n) is 3.70. The van der Waals surface area contributed by atoms with Crippen LogP contribution in [0.1, 0.15) is 58.8 Å². The van der Waals surface area contributed by atoms with Crippen molar-refractivity contribution in [3.8, 4) is 0 Å². The number of alkyl halides is 1. The second kappa shape index (κ2) is 6.47. The van der Waals surface area contributed by atoms with Gasteiger partial charge in [-0.05, 0) is 38.3 Å². The van der Waals surface area contributed by atoms with Crippen molar-refractivity contribution in [3.63, 3.8) is 0 Å². The molecule has 0 radical (unpaired) electrons. The predicted molar refractivity (Wildman–Crippen MR) is 63.9 cm³/mol. The molecule has 1 N–H and O–H groups in total. The van der Waals surface area contributed by atoms with Crippen LogP contribution >= 0.6 is 0 Å². The molecule has 0 amide bonds. The molecule has 1 unspecified atom stereocenters. The Morgan fingerprint density at radius 3 is 2.47 bits per heavy atom. The molecule has 0 bridgehead atoms. The van der Waals surface area contributed by atoms with E-state index in [1.54, 1.807) is 0 Å². The molecule has 90 valence electrons. The van der Waals surface area contributed by atoms with E-state index >= 15 is 0 Å². The summed E-state index contributed by atoms with van der Waals surface area (Å²) in [6, 6.07) is 0. The molecule has 1 aliphatic heterocycles. The van der Waals surface area contributed by atoms with Gasteiger partial charge in [-0.3, -0.25) is 0 Å². The van der Waals surface area contributed by atoms with Crippen molar-refractivity contribution in [2.45, 2.75) is 64.5 Å². The van der Waals surface area contributed by atoms with Crippen LogP contribution in [-0.2, 0) is 0 Å². The molecule has 1 atom stereocenters. The summed E-state index contributed by atoms with van der Waals surface area (Å²) in [5, 5.41) is 3.23. The number of hydrogen-bond acceptors (Lipinski definition) is 1. The molecule has 15 heavy (non-hydrogen) atoms. The lowest BCUT2D eigenvalue weighted by atomic mass is 9.82. The molecule has 2 heteroatoms. The fourth-order valence-electron chi connectivity index (χ4n) is 2.54. The van der Waals surface area contributed by atoms with E-state index in [0.29, 0.717) is 5.92 Å². The van der Waals surface area contributed by atoms with Gasteiger partial charge in [-0.2, -0.15) is 0 Å². The second-order valence-electron chi connectivity index (χ2n) is 5.02. The Morgan fingerprint density at radius 1 is 1.27 bits per heavy atom. The van der Waals surface area contributed by atoms with E-state index in [2.05, 4.69) is 19.2 Å². The van der Waals surface area contributed by atoms with Gasteiger partial charge in [-0.25, -0.2) is 4.39 Å². The van der Waals surface area contributed by atoms with Gasteiger partial charge in [0.1, 0.15) is 5.67 Å². The summed E-state index contributed by atoms with van der Waals surface area (Å²) in [6.07, 6.45) is 7.08. The van der Waals surface area contributed by atoms with Gasteiger partial charge < -0.3 is 5.32 Å². The minimum Gasteiger partial charge on any atom is -0.316 e. The fraction of sp³-hybridized carbons (Fsp3) is 1.00. The van der Waals surface area contributed by atoms with Crippen LogP contribution in [0.5, 0.6) is 0 Å². The fourth-order valence-corrected chi connectivity index (χ4v) is 2.54. The zero-order valence-electron chi connectivity index (χ0n) is 10.3. The molecule has 0 spiro atoms. The lowest BCUT2D eigenvalue weighted by Gasteiger charge is -2.33. The van der Waals surface area contributed by atoms with Crippen LogP contribution in [0.3, 0.4) is 0 Å². The van der Waals surface area contributed by atoms with Crippen molar-refractivity contribution in [1.29, 1.82) is 0 Å². The Labute approximate surface area is 93.8 Å². The Bertz CT molecular complexity index is 164. The molecular formula is C13H26FN. The number of unbranched alkanes of at least 4 members (excludes halogenated alkanes) is 1. The highest BCUT2D eigenvalue weighted by molar-refractivity contribution is 4.86. The topological polar surface area (TPSA) is 12.0 Å². The van der Waals surface area contributed by atoms with Crippen molar-refractivity contribution in [1.82, 2.24) is 5.32 Å². The molecule has 0 aromatic carbocycles. The molecule has 0 aromatic heterocycles. The minimum atomic E-state index is -0.861. The molecule has 0 aromatic rings. The zero-order valence-corrected chi connectivity index (χ0v) is 10.3. The van der Waals surface area contributed by atoms with Crippen LogP contribution in [0.4, 0.5) is 4.39 Å². The maximum atomic E-state index is 14.4. The number of rotatable bonds is 6. The number of nitrogens with one attached hydrogen (secondary N) is 1. The lowest BCUT2D eigenvalue weighted by molar-refractivity contribution is 0.0796. The Kier molecular flexibility index (Phi) is 5.59. The summed E-state index contributed by atoms with van der Waals surface area (Å²) in [6.45, 7) is 6.13. The van der Waals surface area contributed by atoms with E-state index in [4.69, 9.17) is 0 Å². The summed E-state index contributed by atoms with van der Waals surface area (Å²) in [7, 11) is 0. The first-order chi connectivity index (χ1) is 7.20. The van der Waals surface area contributed by atoms with Gasteiger partial charge in [0.2, 0.25) is 0 Å². The summed E-state index contributed by atoms with van der Waals surface area (Å²) in [4.78, 5) is 0. The Hall–Kier alpha value is -0.110. The van der Waals surface area contributed by atoms with Gasteiger partial charge in [0.15, 0.2) is 0 Å². The van der Waals surface area contributed by atoms with E-state index in [-0.39, 0.29) is 0 Å². The normalized spacial score (nSPS) is 22.6. The average molecular weight is 215 g/mol. The van der Waals surface area contributed by atoms with Gasteiger partial charge in [0, 0.05) is 0 Å². The average Bonchev–Trinajstić information content (AvgIpc) is 2.25. The summed E-state index contributed by atoms with van der Waals surface area (Å²) in [5.41, 5.74) is -0.861. The van der Waals surface area contributed by atoms with Crippen LogP contribution in [0.25, 0.3) is 0 Å². The van der Waals surface area contributed by atoms with Crippen LogP contribution in [0.2, 0.25) is 0 Å². The van der Waals surface area contributed by atoms with Crippen molar-refractivity contribution in [2.75, 3.05) is 13.1 Å². The van der Waals surface area contributed by atoms with Crippen LogP contribution in [-0.4, -0.2) is 18.8 Å². The molecule has 1 rings (SSSR count). The molecule has 1 saturated heterocycles. The van der Waals surface area contributed by atoms with Crippen LogP contribution in [0, 0.1) is 5.92 Å². The minimum absolute atomic E-state index is 0.605. The first-order valence-corrected chi connectivity index (χ1v) is 6.60. The molecule has 1 nitrogen and oxygen atoms in total. The van der Waals surface area contributed by atoms with Crippen LogP contribution < -0.4 is 5.32 Å². The number of piperidine rings is 1. The summed E-state index contributed by atoms with van der Waals surface area (Å²) < 4.78 is 14.4. The van der Waals surface area contributed by atoms with Crippen molar-refractivity contribution in [2.24, 2.45) is 5.92 Å². The van der Waals surface area contributed by atoms with Gasteiger partial charge in [-0.1, -0.05) is 39.5 Å². The van der Waals surface area contributed by atoms with Gasteiger partial charge in [-0.15, -0.1) is 0 Å². The highest BCUT2D eigenvalue weighted by atomic mass is 19.1. The first kappa shape index (κ1) is 13.0. The molecular weight excluding hydrogens is 189 g/mol.